The lowest BCUT2D eigenvalue weighted by Crippen LogP contribution is -2.26. The summed E-state index contributed by atoms with van der Waals surface area (Å²) in [4.78, 5) is 12.4. The van der Waals surface area contributed by atoms with Crippen LogP contribution in [0.2, 0.25) is 0 Å². The predicted molar refractivity (Wildman–Crippen MR) is 101 cm³/mol. The molecule has 2 atom stereocenters. The number of hydrogen-bond donors (Lipinski definition) is 0. The van der Waals surface area contributed by atoms with Gasteiger partial charge in [-0.1, -0.05) is 24.3 Å². The lowest BCUT2D eigenvalue weighted by Gasteiger charge is -2.22. The molecule has 0 radical (unpaired) electrons. The van der Waals surface area contributed by atoms with Crippen molar-refractivity contribution in [1.29, 1.82) is 0 Å². The lowest BCUT2D eigenvalue weighted by atomic mass is 9.90. The summed E-state index contributed by atoms with van der Waals surface area (Å²) >= 11 is 0. The van der Waals surface area contributed by atoms with E-state index in [1.54, 1.807) is 13.2 Å². The van der Waals surface area contributed by atoms with Gasteiger partial charge in [-0.15, -0.1) is 6.58 Å². The van der Waals surface area contributed by atoms with Crippen LogP contribution in [0.15, 0.2) is 55.1 Å². The first-order chi connectivity index (χ1) is 12.3. The molecule has 0 fully saturated rings. The number of para-hydroxylation sites is 1. The zero-order valence-corrected chi connectivity index (χ0v) is 15.6. The Labute approximate surface area is 154 Å². The van der Waals surface area contributed by atoms with Crippen molar-refractivity contribution in [2.75, 3.05) is 7.11 Å². The SMILES string of the molecule is C=C[C@@H]1c2ccccc2O[C@H]1c1ccc(OC)cc1OC(=O)C(C)(C)C. The van der Waals surface area contributed by atoms with Gasteiger partial charge in [0, 0.05) is 23.1 Å². The van der Waals surface area contributed by atoms with Crippen LogP contribution >= 0.6 is 0 Å². The Morgan fingerprint density at radius 3 is 2.54 bits per heavy atom. The minimum Gasteiger partial charge on any atom is -0.497 e. The quantitative estimate of drug-likeness (QED) is 0.439. The molecule has 1 heterocycles. The average molecular weight is 352 g/mol. The first-order valence-electron chi connectivity index (χ1n) is 8.63. The van der Waals surface area contributed by atoms with E-state index in [0.29, 0.717) is 11.5 Å². The molecule has 0 bridgehead atoms. The van der Waals surface area contributed by atoms with Gasteiger partial charge in [-0.05, 0) is 39.0 Å². The Hall–Kier alpha value is -2.75. The smallest absolute Gasteiger partial charge is 0.316 e. The maximum atomic E-state index is 12.4. The predicted octanol–water partition coefficient (Wildman–Crippen LogP) is 5.05. The van der Waals surface area contributed by atoms with E-state index in [4.69, 9.17) is 14.2 Å². The molecule has 0 saturated heterocycles. The molecule has 2 aromatic carbocycles. The largest absolute Gasteiger partial charge is 0.497 e. The third-order valence-electron chi connectivity index (χ3n) is 4.45. The Morgan fingerprint density at radius 2 is 1.88 bits per heavy atom. The highest BCUT2D eigenvalue weighted by atomic mass is 16.5. The molecule has 136 valence electrons. The highest BCUT2D eigenvalue weighted by Crippen LogP contribution is 2.49. The Morgan fingerprint density at radius 1 is 1.15 bits per heavy atom. The fourth-order valence-corrected chi connectivity index (χ4v) is 2.96. The van der Waals surface area contributed by atoms with E-state index in [-0.39, 0.29) is 18.0 Å². The van der Waals surface area contributed by atoms with E-state index in [1.807, 2.05) is 63.2 Å². The Bertz CT molecular complexity index is 832. The van der Waals surface area contributed by atoms with E-state index >= 15 is 0 Å². The normalized spacial score (nSPS) is 18.6. The van der Waals surface area contributed by atoms with Crippen LogP contribution in [0.1, 0.15) is 43.9 Å². The first kappa shape index (κ1) is 18.1. The van der Waals surface area contributed by atoms with Crippen molar-refractivity contribution in [1.82, 2.24) is 0 Å². The van der Waals surface area contributed by atoms with Crippen molar-refractivity contribution < 1.29 is 19.0 Å². The van der Waals surface area contributed by atoms with Crippen LogP contribution in [0.4, 0.5) is 0 Å². The minimum atomic E-state index is -0.613. The fraction of sp³-hybridized carbons (Fsp3) is 0.318. The van der Waals surface area contributed by atoms with Crippen LogP contribution in [0.5, 0.6) is 17.2 Å². The molecule has 4 nitrogen and oxygen atoms in total. The summed E-state index contributed by atoms with van der Waals surface area (Å²) in [5.41, 5.74) is 1.26. The molecule has 0 aromatic heterocycles. The number of carbonyl (C=O) groups is 1. The van der Waals surface area contributed by atoms with E-state index in [2.05, 4.69) is 6.58 Å². The summed E-state index contributed by atoms with van der Waals surface area (Å²) in [6.07, 6.45) is 1.56. The maximum absolute atomic E-state index is 12.4. The molecular weight excluding hydrogens is 328 g/mol. The molecular formula is C22H24O4. The maximum Gasteiger partial charge on any atom is 0.316 e. The second kappa shape index (κ2) is 6.87. The van der Waals surface area contributed by atoms with Crippen molar-refractivity contribution in [2.24, 2.45) is 5.41 Å². The first-order valence-corrected chi connectivity index (χ1v) is 8.63. The zero-order chi connectivity index (χ0) is 18.9. The summed E-state index contributed by atoms with van der Waals surface area (Å²) in [6.45, 7) is 9.44. The molecule has 0 saturated carbocycles. The Kier molecular flexibility index (Phi) is 4.77. The standard InChI is InChI=1S/C22H24O4/c1-6-15-16-9-7-8-10-18(16)25-20(15)17-12-11-14(24-5)13-19(17)26-21(23)22(2,3)4/h6-13,15,20H,1H2,2-5H3/t15-,20-/m1/s1. The summed E-state index contributed by atoms with van der Waals surface area (Å²) in [6, 6.07) is 13.4. The second-order valence-electron chi connectivity index (χ2n) is 7.38. The fourth-order valence-electron chi connectivity index (χ4n) is 2.96. The van der Waals surface area contributed by atoms with Crippen LogP contribution in [0.25, 0.3) is 0 Å². The van der Waals surface area contributed by atoms with Gasteiger partial charge in [0.25, 0.3) is 0 Å². The summed E-state index contributed by atoms with van der Waals surface area (Å²) in [5.74, 6) is 1.57. The number of fused-ring (bicyclic) bond motifs is 1. The average Bonchev–Trinajstić information content (AvgIpc) is 2.99. The van der Waals surface area contributed by atoms with E-state index in [0.717, 1.165) is 16.9 Å². The van der Waals surface area contributed by atoms with Gasteiger partial charge in [0.2, 0.25) is 0 Å². The summed E-state index contributed by atoms with van der Waals surface area (Å²) < 4.78 is 17.2. The molecule has 1 aliphatic rings. The summed E-state index contributed by atoms with van der Waals surface area (Å²) in [7, 11) is 1.58. The molecule has 1 aliphatic heterocycles. The molecule has 26 heavy (non-hydrogen) atoms. The van der Waals surface area contributed by atoms with Crippen LogP contribution in [-0.2, 0) is 4.79 Å². The zero-order valence-electron chi connectivity index (χ0n) is 15.6. The minimum absolute atomic E-state index is 0.0216. The third kappa shape index (κ3) is 3.32. The number of ether oxygens (including phenoxy) is 3. The number of benzene rings is 2. The van der Waals surface area contributed by atoms with E-state index in [1.165, 1.54) is 0 Å². The Balaban J connectivity index is 2.02. The van der Waals surface area contributed by atoms with Crippen molar-refractivity contribution >= 4 is 5.97 Å². The third-order valence-corrected chi connectivity index (χ3v) is 4.45. The van der Waals surface area contributed by atoms with Crippen LogP contribution in [0.3, 0.4) is 0 Å². The molecule has 0 N–H and O–H groups in total. The van der Waals surface area contributed by atoms with Gasteiger partial charge in [-0.3, -0.25) is 4.79 Å². The molecule has 0 amide bonds. The highest BCUT2D eigenvalue weighted by Gasteiger charge is 2.36. The molecule has 0 aliphatic carbocycles. The number of hydrogen-bond acceptors (Lipinski definition) is 4. The number of carbonyl (C=O) groups excluding carboxylic acids is 1. The van der Waals surface area contributed by atoms with Gasteiger partial charge in [-0.25, -0.2) is 0 Å². The van der Waals surface area contributed by atoms with Gasteiger partial charge in [0.1, 0.15) is 23.4 Å². The van der Waals surface area contributed by atoms with Crippen LogP contribution in [0, 0.1) is 5.41 Å². The molecule has 4 heteroatoms. The van der Waals surface area contributed by atoms with E-state index in [9.17, 15) is 4.79 Å². The number of rotatable bonds is 4. The van der Waals surface area contributed by atoms with Gasteiger partial charge in [0.05, 0.1) is 12.5 Å². The van der Waals surface area contributed by atoms with Crippen molar-refractivity contribution in [2.45, 2.75) is 32.8 Å². The second-order valence-corrected chi connectivity index (χ2v) is 7.38. The molecule has 0 unspecified atom stereocenters. The monoisotopic (exact) mass is 352 g/mol. The van der Waals surface area contributed by atoms with Crippen molar-refractivity contribution in [3.63, 3.8) is 0 Å². The van der Waals surface area contributed by atoms with Gasteiger partial charge in [-0.2, -0.15) is 0 Å². The number of esters is 1. The molecule has 3 rings (SSSR count). The van der Waals surface area contributed by atoms with Gasteiger partial charge >= 0.3 is 5.97 Å². The highest BCUT2D eigenvalue weighted by molar-refractivity contribution is 5.78. The molecule has 0 spiro atoms. The topological polar surface area (TPSA) is 44.8 Å². The van der Waals surface area contributed by atoms with Gasteiger partial charge < -0.3 is 14.2 Å². The van der Waals surface area contributed by atoms with Crippen LogP contribution in [-0.4, -0.2) is 13.1 Å². The van der Waals surface area contributed by atoms with Crippen LogP contribution < -0.4 is 14.2 Å². The van der Waals surface area contributed by atoms with Crippen molar-refractivity contribution in [3.05, 3.63) is 66.2 Å². The van der Waals surface area contributed by atoms with Gasteiger partial charge in [0.15, 0.2) is 0 Å². The van der Waals surface area contributed by atoms with E-state index < -0.39 is 5.41 Å². The summed E-state index contributed by atoms with van der Waals surface area (Å²) in [5, 5.41) is 0. The van der Waals surface area contributed by atoms with Crippen molar-refractivity contribution in [3.8, 4) is 17.2 Å². The number of methoxy groups -OCH3 is 1. The lowest BCUT2D eigenvalue weighted by molar-refractivity contribution is -0.143. The molecule has 2 aromatic rings.